The van der Waals surface area contributed by atoms with Crippen LogP contribution in [0, 0.1) is 0 Å². The highest BCUT2D eigenvalue weighted by Crippen LogP contribution is 2.09. The topological polar surface area (TPSA) is 62.2 Å². The molecule has 0 fully saturated rings. The second-order valence-electron chi connectivity index (χ2n) is 2.98. The fourth-order valence-corrected chi connectivity index (χ4v) is 1.66. The Morgan fingerprint density at radius 2 is 2.50 bits per heavy atom. The van der Waals surface area contributed by atoms with Crippen molar-refractivity contribution in [3.8, 4) is 0 Å². The van der Waals surface area contributed by atoms with E-state index in [2.05, 4.69) is 17.2 Å². The van der Waals surface area contributed by atoms with E-state index in [0.29, 0.717) is 6.54 Å². The normalized spacial score (nSPS) is 10.4. The predicted octanol–water partition coefficient (Wildman–Crippen LogP) is 1.73. The molecule has 0 spiro atoms. The van der Waals surface area contributed by atoms with Crippen LogP contribution in [0.2, 0.25) is 0 Å². The molecule has 2 N–H and O–H groups in total. The molecule has 0 radical (unpaired) electrons. The number of hydrogen-bond donors (Lipinski definition) is 2. The highest BCUT2D eigenvalue weighted by Gasteiger charge is 2.07. The molecule has 1 aromatic rings. The summed E-state index contributed by atoms with van der Waals surface area (Å²) in [5, 5.41) is 13.8. The highest BCUT2D eigenvalue weighted by atomic mass is 32.1. The van der Waals surface area contributed by atoms with Crippen molar-refractivity contribution in [1.82, 2.24) is 10.3 Å². The average molecular weight is 214 g/mol. The van der Waals surface area contributed by atoms with Gasteiger partial charge >= 0.3 is 5.97 Å². The Balaban J connectivity index is 2.33. The van der Waals surface area contributed by atoms with Gasteiger partial charge in [0.2, 0.25) is 5.01 Å². The third-order valence-electron chi connectivity index (χ3n) is 1.75. The minimum Gasteiger partial charge on any atom is -0.476 e. The third kappa shape index (κ3) is 3.43. The summed E-state index contributed by atoms with van der Waals surface area (Å²) >= 11 is 1.17. The number of aromatic carboxylic acids is 1. The van der Waals surface area contributed by atoms with Gasteiger partial charge in [-0.25, -0.2) is 9.78 Å². The van der Waals surface area contributed by atoms with Crippen LogP contribution in [0.25, 0.3) is 0 Å². The molecule has 78 valence electrons. The Kier molecular flexibility index (Phi) is 4.55. The lowest BCUT2D eigenvalue weighted by Crippen LogP contribution is -2.14. The molecule has 1 aromatic heterocycles. The Hall–Kier alpha value is -0.940. The molecule has 5 heteroatoms. The van der Waals surface area contributed by atoms with Crippen molar-refractivity contribution >= 4 is 17.3 Å². The van der Waals surface area contributed by atoms with Gasteiger partial charge in [-0.05, 0) is 13.0 Å². The summed E-state index contributed by atoms with van der Waals surface area (Å²) in [4.78, 5) is 14.5. The van der Waals surface area contributed by atoms with Gasteiger partial charge < -0.3 is 10.4 Å². The van der Waals surface area contributed by atoms with Crippen LogP contribution in [0.5, 0.6) is 0 Å². The Morgan fingerprint density at radius 1 is 1.71 bits per heavy atom. The maximum Gasteiger partial charge on any atom is 0.365 e. The largest absolute Gasteiger partial charge is 0.476 e. The standard InChI is InChI=1S/C9H14N2O2S/c1-2-3-4-10-5-7-6-14-8(11-7)9(12)13/h6,10H,2-5H2,1H3,(H,12,13). The molecule has 0 atom stereocenters. The fourth-order valence-electron chi connectivity index (χ4n) is 1.00. The minimum atomic E-state index is -0.949. The molecule has 0 aromatic carbocycles. The monoisotopic (exact) mass is 214 g/mol. The Labute approximate surface area is 87.0 Å². The van der Waals surface area contributed by atoms with Gasteiger partial charge in [-0.1, -0.05) is 13.3 Å². The zero-order valence-electron chi connectivity index (χ0n) is 8.12. The number of nitrogens with one attached hydrogen (secondary N) is 1. The summed E-state index contributed by atoms with van der Waals surface area (Å²) in [7, 11) is 0. The van der Waals surface area contributed by atoms with Crippen LogP contribution >= 0.6 is 11.3 Å². The van der Waals surface area contributed by atoms with Gasteiger partial charge in [0.15, 0.2) is 0 Å². The molecule has 0 aliphatic carbocycles. The first-order valence-corrected chi connectivity index (χ1v) is 5.50. The van der Waals surface area contributed by atoms with Crippen LogP contribution in [0.1, 0.15) is 35.3 Å². The van der Waals surface area contributed by atoms with E-state index >= 15 is 0 Å². The molecular weight excluding hydrogens is 200 g/mol. The smallest absolute Gasteiger partial charge is 0.365 e. The molecule has 1 rings (SSSR count). The Morgan fingerprint density at radius 3 is 3.07 bits per heavy atom. The summed E-state index contributed by atoms with van der Waals surface area (Å²) in [5.41, 5.74) is 0.809. The quantitative estimate of drug-likeness (QED) is 0.708. The van der Waals surface area contributed by atoms with Gasteiger partial charge in [0, 0.05) is 11.9 Å². The van der Waals surface area contributed by atoms with Crippen LogP contribution in [0.15, 0.2) is 5.38 Å². The van der Waals surface area contributed by atoms with E-state index < -0.39 is 5.97 Å². The number of carbonyl (C=O) groups is 1. The van der Waals surface area contributed by atoms with Crippen molar-refractivity contribution in [3.63, 3.8) is 0 Å². The van der Waals surface area contributed by atoms with Crippen LogP contribution < -0.4 is 5.32 Å². The average Bonchev–Trinajstić information content (AvgIpc) is 2.61. The van der Waals surface area contributed by atoms with E-state index in [9.17, 15) is 4.79 Å². The second-order valence-corrected chi connectivity index (χ2v) is 3.84. The van der Waals surface area contributed by atoms with Crippen LogP contribution in [0.3, 0.4) is 0 Å². The van der Waals surface area contributed by atoms with E-state index in [4.69, 9.17) is 5.11 Å². The number of aromatic nitrogens is 1. The van der Waals surface area contributed by atoms with E-state index in [1.54, 1.807) is 5.38 Å². The lowest BCUT2D eigenvalue weighted by Gasteiger charge is -1.99. The number of thiazole rings is 1. The number of hydrogen-bond acceptors (Lipinski definition) is 4. The number of carboxylic acid groups (broad SMARTS) is 1. The van der Waals surface area contributed by atoms with Crippen molar-refractivity contribution < 1.29 is 9.90 Å². The summed E-state index contributed by atoms with van der Waals surface area (Å²) in [5.74, 6) is -0.949. The lowest BCUT2D eigenvalue weighted by atomic mass is 10.3. The van der Waals surface area contributed by atoms with Gasteiger partial charge in [0.1, 0.15) is 0 Å². The zero-order chi connectivity index (χ0) is 10.4. The molecule has 0 saturated carbocycles. The van der Waals surface area contributed by atoms with E-state index in [1.807, 2.05) is 0 Å². The maximum atomic E-state index is 10.5. The first kappa shape index (κ1) is 11.1. The van der Waals surface area contributed by atoms with Crippen LogP contribution in [-0.4, -0.2) is 22.6 Å². The molecule has 0 aliphatic rings. The summed E-state index contributed by atoms with van der Waals surface area (Å²) in [6.45, 7) is 3.74. The molecule has 1 heterocycles. The van der Waals surface area contributed by atoms with E-state index in [-0.39, 0.29) is 5.01 Å². The van der Waals surface area contributed by atoms with Crippen molar-refractivity contribution in [2.75, 3.05) is 6.54 Å². The number of rotatable bonds is 6. The first-order valence-electron chi connectivity index (χ1n) is 4.62. The van der Waals surface area contributed by atoms with E-state index in [1.165, 1.54) is 11.3 Å². The van der Waals surface area contributed by atoms with Gasteiger partial charge in [-0.15, -0.1) is 11.3 Å². The van der Waals surface area contributed by atoms with Gasteiger partial charge in [-0.2, -0.15) is 0 Å². The highest BCUT2D eigenvalue weighted by molar-refractivity contribution is 7.11. The fraction of sp³-hybridized carbons (Fsp3) is 0.556. The van der Waals surface area contributed by atoms with Crippen molar-refractivity contribution in [1.29, 1.82) is 0 Å². The maximum absolute atomic E-state index is 10.5. The number of unbranched alkanes of at least 4 members (excludes halogenated alkanes) is 1. The molecule has 0 bridgehead atoms. The third-order valence-corrected chi connectivity index (χ3v) is 2.63. The molecule has 0 unspecified atom stereocenters. The van der Waals surface area contributed by atoms with Crippen LogP contribution in [-0.2, 0) is 6.54 Å². The molecule has 0 amide bonds. The second kappa shape index (κ2) is 5.72. The minimum absolute atomic E-state index is 0.164. The Bertz CT molecular complexity index is 299. The summed E-state index contributed by atoms with van der Waals surface area (Å²) < 4.78 is 0. The van der Waals surface area contributed by atoms with E-state index in [0.717, 1.165) is 25.1 Å². The van der Waals surface area contributed by atoms with Gasteiger partial charge in [0.05, 0.1) is 5.69 Å². The molecule has 0 aliphatic heterocycles. The summed E-state index contributed by atoms with van der Waals surface area (Å²) in [6.07, 6.45) is 2.29. The molecule has 4 nitrogen and oxygen atoms in total. The zero-order valence-corrected chi connectivity index (χ0v) is 8.93. The number of carboxylic acids is 1. The number of nitrogens with zero attached hydrogens (tertiary/aromatic N) is 1. The van der Waals surface area contributed by atoms with Crippen molar-refractivity contribution in [2.45, 2.75) is 26.3 Å². The van der Waals surface area contributed by atoms with Gasteiger partial charge in [-0.3, -0.25) is 0 Å². The first-order chi connectivity index (χ1) is 6.74. The summed E-state index contributed by atoms with van der Waals surface area (Å²) in [6, 6.07) is 0. The lowest BCUT2D eigenvalue weighted by molar-refractivity contribution is 0.0696. The SMILES string of the molecule is CCCCNCc1csc(C(=O)O)n1. The van der Waals surface area contributed by atoms with Crippen molar-refractivity contribution in [2.24, 2.45) is 0 Å². The molecule has 0 saturated heterocycles. The molecular formula is C9H14N2O2S. The van der Waals surface area contributed by atoms with Gasteiger partial charge in [0.25, 0.3) is 0 Å². The van der Waals surface area contributed by atoms with Crippen molar-refractivity contribution in [3.05, 3.63) is 16.1 Å². The molecule has 14 heavy (non-hydrogen) atoms. The predicted molar refractivity (Wildman–Crippen MR) is 55.7 cm³/mol. The van der Waals surface area contributed by atoms with Crippen LogP contribution in [0.4, 0.5) is 0 Å².